The molecule has 8 nitrogen and oxygen atoms in total. The van der Waals surface area contributed by atoms with Crippen molar-refractivity contribution in [1.82, 2.24) is 10.1 Å². The quantitative estimate of drug-likeness (QED) is 0.370. The lowest BCUT2D eigenvalue weighted by Crippen LogP contribution is -2.21. The predicted octanol–water partition coefficient (Wildman–Crippen LogP) is 3.61. The molecule has 0 saturated heterocycles. The fourth-order valence-electron chi connectivity index (χ4n) is 3.45. The van der Waals surface area contributed by atoms with E-state index in [1.807, 2.05) is 0 Å². The second-order valence-electron chi connectivity index (χ2n) is 7.13. The highest BCUT2D eigenvalue weighted by molar-refractivity contribution is 7.91. The summed E-state index contributed by atoms with van der Waals surface area (Å²) in [5.41, 5.74) is 0.546. The monoisotopic (exact) mass is 464 g/mol. The summed E-state index contributed by atoms with van der Waals surface area (Å²) in [7, 11) is -3.98. The Hall–Kier alpha value is -4.18. The minimum absolute atomic E-state index is 0.00244. The van der Waals surface area contributed by atoms with Gasteiger partial charge in [0.25, 0.3) is 5.89 Å². The van der Waals surface area contributed by atoms with Crippen molar-refractivity contribution in [3.63, 3.8) is 0 Å². The molecule has 0 aliphatic carbocycles. The average Bonchev–Trinajstić information content (AvgIpc) is 3.30. The van der Waals surface area contributed by atoms with Crippen LogP contribution in [0.1, 0.15) is 32.2 Å². The van der Waals surface area contributed by atoms with Crippen molar-refractivity contribution < 1.29 is 31.7 Å². The normalized spacial score (nSPS) is 13.8. The Balaban J connectivity index is 1.36. The van der Waals surface area contributed by atoms with Crippen LogP contribution in [0.3, 0.4) is 0 Å². The highest BCUT2D eigenvalue weighted by atomic mass is 32.2. The number of ether oxygens (including phenoxy) is 1. The number of aromatic nitrogens is 2. The van der Waals surface area contributed by atoms with E-state index < -0.39 is 27.4 Å². The summed E-state index contributed by atoms with van der Waals surface area (Å²) in [6, 6.07) is 15.1. The number of hydrogen-bond donors (Lipinski definition) is 0. The number of rotatable bonds is 4. The Morgan fingerprint density at radius 3 is 2.48 bits per heavy atom. The topological polar surface area (TPSA) is 116 Å². The van der Waals surface area contributed by atoms with E-state index in [0.717, 1.165) is 6.07 Å². The van der Waals surface area contributed by atoms with Gasteiger partial charge in [0, 0.05) is 16.7 Å². The average molecular weight is 464 g/mol. The molecule has 0 saturated carbocycles. The molecule has 0 amide bonds. The van der Waals surface area contributed by atoms with Crippen LogP contribution in [0.15, 0.2) is 81.0 Å². The molecule has 1 aliphatic rings. The van der Waals surface area contributed by atoms with Crippen molar-refractivity contribution in [2.75, 3.05) is 0 Å². The summed E-state index contributed by atoms with van der Waals surface area (Å²) in [5, 5.41) is 3.76. The molecule has 0 unspecified atom stereocenters. The molecular formula is C23H13FN2O6S. The molecule has 0 N–H and O–H groups in total. The maximum Gasteiger partial charge on any atom is 0.338 e. The van der Waals surface area contributed by atoms with Crippen LogP contribution in [0.2, 0.25) is 0 Å². The maximum absolute atomic E-state index is 13.0. The first-order chi connectivity index (χ1) is 15.8. The van der Waals surface area contributed by atoms with Crippen molar-refractivity contribution in [2.45, 2.75) is 16.4 Å². The van der Waals surface area contributed by atoms with E-state index in [1.165, 1.54) is 54.6 Å². The molecule has 4 aromatic rings. The van der Waals surface area contributed by atoms with Gasteiger partial charge >= 0.3 is 5.97 Å². The Morgan fingerprint density at radius 1 is 0.970 bits per heavy atom. The maximum atomic E-state index is 13.0. The van der Waals surface area contributed by atoms with Crippen molar-refractivity contribution in [1.29, 1.82) is 0 Å². The van der Waals surface area contributed by atoms with Crippen molar-refractivity contribution >= 4 is 21.6 Å². The SMILES string of the molecule is O=C(OCc1nc(-c2ccc(F)cc2)no1)c1ccc2c(c1)S(=O)(=O)c1ccccc1C2=O. The van der Waals surface area contributed by atoms with Gasteiger partial charge in [-0.2, -0.15) is 4.98 Å². The Bertz CT molecular complexity index is 1530. The molecular weight excluding hydrogens is 451 g/mol. The number of fused-ring (bicyclic) bond motifs is 2. The molecule has 33 heavy (non-hydrogen) atoms. The molecule has 2 heterocycles. The highest BCUT2D eigenvalue weighted by Crippen LogP contribution is 2.34. The molecule has 0 fully saturated rings. The zero-order chi connectivity index (χ0) is 23.2. The van der Waals surface area contributed by atoms with Crippen molar-refractivity contribution in [3.05, 3.63) is 95.1 Å². The first-order valence-corrected chi connectivity index (χ1v) is 11.1. The molecule has 0 atom stereocenters. The largest absolute Gasteiger partial charge is 0.452 e. The highest BCUT2D eigenvalue weighted by Gasteiger charge is 2.35. The fraction of sp³-hybridized carbons (Fsp3) is 0.0435. The number of carbonyl (C=O) groups excluding carboxylic acids is 2. The lowest BCUT2D eigenvalue weighted by atomic mass is 10.0. The van der Waals surface area contributed by atoms with Gasteiger partial charge < -0.3 is 9.26 Å². The third-order valence-electron chi connectivity index (χ3n) is 5.07. The Morgan fingerprint density at radius 2 is 1.70 bits per heavy atom. The van der Waals surface area contributed by atoms with Crippen LogP contribution in [0, 0.1) is 5.82 Å². The number of ketones is 1. The van der Waals surface area contributed by atoms with Gasteiger partial charge in [0.1, 0.15) is 5.82 Å². The molecule has 0 spiro atoms. The zero-order valence-corrected chi connectivity index (χ0v) is 17.5. The third-order valence-corrected chi connectivity index (χ3v) is 6.92. The molecule has 0 radical (unpaired) electrons. The predicted molar refractivity (Wildman–Crippen MR) is 111 cm³/mol. The summed E-state index contributed by atoms with van der Waals surface area (Å²) in [4.78, 5) is 28.9. The van der Waals surface area contributed by atoms with E-state index in [0.29, 0.717) is 5.56 Å². The fourth-order valence-corrected chi connectivity index (χ4v) is 5.13. The first kappa shape index (κ1) is 20.7. The van der Waals surface area contributed by atoms with Gasteiger partial charge in [-0.3, -0.25) is 4.79 Å². The number of benzene rings is 3. The minimum Gasteiger partial charge on any atom is -0.452 e. The summed E-state index contributed by atoms with van der Waals surface area (Å²) in [5.74, 6) is -1.49. The van der Waals surface area contributed by atoms with Crippen LogP contribution in [0.4, 0.5) is 4.39 Å². The molecule has 164 valence electrons. The molecule has 10 heteroatoms. The van der Waals surface area contributed by atoms with E-state index in [1.54, 1.807) is 6.07 Å². The Labute approximate surface area is 186 Å². The molecule has 5 rings (SSSR count). The van der Waals surface area contributed by atoms with Gasteiger partial charge in [-0.15, -0.1) is 0 Å². The zero-order valence-electron chi connectivity index (χ0n) is 16.7. The number of hydrogen-bond acceptors (Lipinski definition) is 8. The van der Waals surface area contributed by atoms with Crippen molar-refractivity contribution in [3.8, 4) is 11.4 Å². The molecule has 1 aliphatic heterocycles. The lowest BCUT2D eigenvalue weighted by molar-refractivity contribution is 0.0429. The summed E-state index contributed by atoms with van der Waals surface area (Å²) >= 11 is 0. The second kappa shape index (κ2) is 7.75. The molecule has 0 bridgehead atoms. The second-order valence-corrected chi connectivity index (χ2v) is 9.02. The van der Waals surface area contributed by atoms with E-state index in [9.17, 15) is 22.4 Å². The first-order valence-electron chi connectivity index (χ1n) is 9.63. The van der Waals surface area contributed by atoms with Crippen LogP contribution < -0.4 is 0 Å². The van der Waals surface area contributed by atoms with E-state index in [2.05, 4.69) is 10.1 Å². The molecule has 3 aromatic carbocycles. The summed E-state index contributed by atoms with van der Waals surface area (Å²) in [6.45, 7) is -0.362. The van der Waals surface area contributed by atoms with Gasteiger partial charge in [-0.05, 0) is 54.6 Å². The smallest absolute Gasteiger partial charge is 0.338 e. The van der Waals surface area contributed by atoms with Crippen molar-refractivity contribution in [2.24, 2.45) is 0 Å². The van der Waals surface area contributed by atoms with Gasteiger partial charge in [0.05, 0.1) is 15.4 Å². The van der Waals surface area contributed by atoms with E-state index in [4.69, 9.17) is 9.26 Å². The van der Waals surface area contributed by atoms with Crippen LogP contribution in [-0.4, -0.2) is 30.3 Å². The van der Waals surface area contributed by atoms with Crippen LogP contribution in [0.5, 0.6) is 0 Å². The minimum atomic E-state index is -3.98. The van der Waals surface area contributed by atoms with Crippen LogP contribution in [-0.2, 0) is 21.2 Å². The van der Waals surface area contributed by atoms with Gasteiger partial charge in [-0.25, -0.2) is 17.6 Å². The lowest BCUT2D eigenvalue weighted by Gasteiger charge is -2.19. The number of sulfone groups is 1. The van der Waals surface area contributed by atoms with E-state index in [-0.39, 0.29) is 44.8 Å². The third kappa shape index (κ3) is 3.60. The number of carbonyl (C=O) groups is 2. The number of esters is 1. The summed E-state index contributed by atoms with van der Waals surface area (Å²) < 4.78 is 49.2. The molecule has 1 aromatic heterocycles. The van der Waals surface area contributed by atoms with Crippen LogP contribution in [0.25, 0.3) is 11.4 Å². The van der Waals surface area contributed by atoms with Gasteiger partial charge in [0.2, 0.25) is 15.7 Å². The number of nitrogens with zero attached hydrogens (tertiary/aromatic N) is 2. The standard InChI is InChI=1S/C23H13FN2O6S/c24-15-8-5-13(6-9-15)22-25-20(32-26-22)12-31-23(28)14-7-10-17-19(11-14)33(29,30)18-4-2-1-3-16(18)21(17)27/h1-11H,12H2. The van der Waals surface area contributed by atoms with E-state index >= 15 is 0 Å². The summed E-state index contributed by atoms with van der Waals surface area (Å²) in [6.07, 6.45) is 0. The Kier molecular flexibility index (Phi) is 4.86. The van der Waals surface area contributed by atoms with Gasteiger partial charge in [0.15, 0.2) is 12.4 Å². The van der Waals surface area contributed by atoms with Crippen LogP contribution >= 0.6 is 0 Å². The van der Waals surface area contributed by atoms with Gasteiger partial charge in [-0.1, -0.05) is 17.3 Å². The number of halogens is 1.